The monoisotopic (exact) mass is 1010 g/mol. The molecule has 0 radical (unpaired) electrons. The summed E-state index contributed by atoms with van der Waals surface area (Å²) in [7, 11) is 0. The van der Waals surface area contributed by atoms with Gasteiger partial charge in [-0.1, -0.05) is 188 Å². The topological polar surface area (TPSA) is 180 Å². The summed E-state index contributed by atoms with van der Waals surface area (Å²) in [6.45, 7) is -0.531. The highest BCUT2D eigenvalue weighted by molar-refractivity contribution is 8.00. The first-order valence-electron chi connectivity index (χ1n) is 24.4. The van der Waals surface area contributed by atoms with Crippen LogP contribution < -0.4 is 21.3 Å². The minimum atomic E-state index is -1.39. The van der Waals surface area contributed by atoms with E-state index in [4.69, 9.17) is 4.74 Å². The largest absolute Gasteiger partial charge is 0.481 e. The molecule has 1 aliphatic heterocycles. The number of ether oxygens (including phenoxy) is 1. The molecule has 73 heavy (non-hydrogen) atoms. The number of amides is 4. The van der Waals surface area contributed by atoms with Crippen LogP contribution in [0, 0.1) is 0 Å². The van der Waals surface area contributed by atoms with E-state index in [0.717, 1.165) is 33.4 Å². The van der Waals surface area contributed by atoms with Crippen molar-refractivity contribution in [2.75, 3.05) is 18.1 Å². The third kappa shape index (κ3) is 12.6. The second-order valence-corrected chi connectivity index (χ2v) is 20.6. The summed E-state index contributed by atoms with van der Waals surface area (Å²) in [5, 5.41) is 20.8. The standard InChI is InChI=1S/C59H58N4O8S2/c64-51-39-48(33-19-20-38-72-58(42-21-7-1-8-22-42,43-23-9-2-10-24-43)44-25-11-3-12-26-44)71-53(67)40-60-56(70)57(36-37-57)63-55(69)50(62-54(68)49(61-51)34-35-52(65)66)41-73-59(45-27-13-4-14-28-45,46-29-15-5-16-30-46)47-31-17-6-18-32-47/h1-19,21-33,48-50H,20,34-41H2,(H,60,70)(H,61,64)(H,62,68)(H,63,69)(H,65,66)/b33-19+/t48-,49-,50-/m1/s1. The number of benzene rings is 6. The van der Waals surface area contributed by atoms with Gasteiger partial charge in [0.05, 0.1) is 15.9 Å². The summed E-state index contributed by atoms with van der Waals surface area (Å²) in [6, 6.07) is 57.6. The van der Waals surface area contributed by atoms with Crippen molar-refractivity contribution in [1.82, 2.24) is 21.3 Å². The molecule has 14 heteroatoms. The molecule has 1 heterocycles. The molecule has 1 aliphatic carbocycles. The van der Waals surface area contributed by atoms with Crippen LogP contribution >= 0.6 is 23.5 Å². The molecule has 2 aliphatic rings. The molecule has 6 aromatic rings. The van der Waals surface area contributed by atoms with Gasteiger partial charge in [0.1, 0.15) is 30.3 Å². The van der Waals surface area contributed by atoms with Crippen LogP contribution in [0.1, 0.15) is 71.9 Å². The molecule has 6 aromatic carbocycles. The lowest BCUT2D eigenvalue weighted by atomic mass is 9.84. The van der Waals surface area contributed by atoms with E-state index in [1.807, 2.05) is 152 Å². The molecule has 0 aromatic heterocycles. The van der Waals surface area contributed by atoms with Crippen molar-refractivity contribution in [1.29, 1.82) is 0 Å². The average Bonchev–Trinajstić information content (AvgIpc) is 4.21. The zero-order valence-electron chi connectivity index (χ0n) is 40.2. The number of thioether (sulfide) groups is 2. The number of cyclic esters (lactones) is 1. The van der Waals surface area contributed by atoms with Gasteiger partial charge in [-0.25, -0.2) is 0 Å². The van der Waals surface area contributed by atoms with E-state index in [1.165, 1.54) is 11.8 Å². The van der Waals surface area contributed by atoms with Gasteiger partial charge >= 0.3 is 11.9 Å². The van der Waals surface area contributed by atoms with Gasteiger partial charge in [-0.15, -0.1) is 23.5 Å². The number of carbonyl (C=O) groups excluding carboxylic acids is 5. The molecule has 1 saturated heterocycles. The summed E-state index contributed by atoms with van der Waals surface area (Å²) in [5.74, 6) is -4.15. The predicted octanol–water partition coefficient (Wildman–Crippen LogP) is 8.30. The van der Waals surface area contributed by atoms with E-state index in [-0.39, 0.29) is 25.0 Å². The van der Waals surface area contributed by atoms with Gasteiger partial charge in [-0.3, -0.25) is 28.8 Å². The summed E-state index contributed by atoms with van der Waals surface area (Å²) < 4.78 is 4.33. The quantitative estimate of drug-likeness (QED) is 0.0258. The van der Waals surface area contributed by atoms with Crippen molar-refractivity contribution in [2.45, 2.75) is 71.7 Å². The maximum atomic E-state index is 14.5. The van der Waals surface area contributed by atoms with Gasteiger partial charge in [-0.2, -0.15) is 0 Å². The molecule has 8 rings (SSSR count). The van der Waals surface area contributed by atoms with E-state index in [1.54, 1.807) is 17.8 Å². The molecule has 374 valence electrons. The summed E-state index contributed by atoms with van der Waals surface area (Å²) in [6.07, 6.45) is 2.24. The molecule has 1 spiro atoms. The number of carboxylic acid groups (broad SMARTS) is 1. The lowest BCUT2D eigenvalue weighted by Gasteiger charge is -2.37. The first-order chi connectivity index (χ1) is 35.5. The van der Waals surface area contributed by atoms with Crippen LogP contribution in [0.5, 0.6) is 0 Å². The Kier molecular flexibility index (Phi) is 17.3. The maximum Gasteiger partial charge on any atom is 0.326 e. The second kappa shape index (κ2) is 24.3. The SMILES string of the molecule is O=C(O)CC[C@H]1NC(=O)C[C@@H](/C=C/CCSC(c2ccccc2)(c2ccccc2)c2ccccc2)OC(=O)CNC(=O)C2(CC2)NC(=O)[C@@H](CSC(c2ccccc2)(c2ccccc2)c2ccccc2)NC1=O. The van der Waals surface area contributed by atoms with Crippen molar-refractivity contribution < 1.29 is 38.6 Å². The van der Waals surface area contributed by atoms with Crippen molar-refractivity contribution >= 4 is 59.1 Å². The molecule has 4 amide bonds. The molecular weight excluding hydrogens is 957 g/mol. The van der Waals surface area contributed by atoms with Crippen molar-refractivity contribution in [3.63, 3.8) is 0 Å². The number of aliphatic carboxylic acids is 1. The lowest BCUT2D eigenvalue weighted by molar-refractivity contribution is -0.149. The van der Waals surface area contributed by atoms with E-state index in [9.17, 15) is 33.9 Å². The minimum absolute atomic E-state index is 0.0196. The summed E-state index contributed by atoms with van der Waals surface area (Å²) in [5.41, 5.74) is 4.70. The van der Waals surface area contributed by atoms with Gasteiger partial charge in [0.2, 0.25) is 23.6 Å². The Balaban J connectivity index is 1.05. The van der Waals surface area contributed by atoms with Crippen molar-refractivity contribution in [2.24, 2.45) is 0 Å². The number of carboxylic acids is 1. The smallest absolute Gasteiger partial charge is 0.326 e. The van der Waals surface area contributed by atoms with Crippen molar-refractivity contribution in [3.05, 3.63) is 228 Å². The van der Waals surface area contributed by atoms with Crippen LogP contribution in [-0.2, 0) is 43.0 Å². The number of carbonyl (C=O) groups is 6. The number of hydrogen-bond acceptors (Lipinski definition) is 9. The van der Waals surface area contributed by atoms with Crippen molar-refractivity contribution in [3.8, 4) is 0 Å². The van der Waals surface area contributed by atoms with Crippen LogP contribution in [0.15, 0.2) is 194 Å². The molecular formula is C59H58N4O8S2. The lowest BCUT2D eigenvalue weighted by Crippen LogP contribution is -2.59. The molecule has 2 fully saturated rings. The fourth-order valence-electron chi connectivity index (χ4n) is 9.24. The fourth-order valence-corrected chi connectivity index (χ4v) is 12.3. The number of nitrogens with one attached hydrogen (secondary N) is 4. The Morgan fingerprint density at radius 2 is 1.04 bits per heavy atom. The highest BCUT2D eigenvalue weighted by Gasteiger charge is 2.52. The van der Waals surface area contributed by atoms with Gasteiger partial charge < -0.3 is 31.1 Å². The Hall–Kier alpha value is -7.42. The number of esters is 1. The van der Waals surface area contributed by atoms with Gasteiger partial charge in [0, 0.05) is 12.2 Å². The molecule has 12 nitrogen and oxygen atoms in total. The predicted molar refractivity (Wildman–Crippen MR) is 285 cm³/mol. The molecule has 5 N–H and O–H groups in total. The van der Waals surface area contributed by atoms with Crippen LogP contribution in [0.4, 0.5) is 0 Å². The van der Waals surface area contributed by atoms with E-state index in [2.05, 4.69) is 57.7 Å². The summed E-state index contributed by atoms with van der Waals surface area (Å²) in [4.78, 5) is 82.3. The number of allylic oxidation sites excluding steroid dienone is 1. The first kappa shape index (κ1) is 51.9. The van der Waals surface area contributed by atoms with E-state index < -0.39 is 88.2 Å². The third-order valence-corrected chi connectivity index (χ3v) is 16.3. The van der Waals surface area contributed by atoms with Crippen LogP contribution in [0.25, 0.3) is 0 Å². The maximum absolute atomic E-state index is 14.5. The minimum Gasteiger partial charge on any atom is -0.481 e. The van der Waals surface area contributed by atoms with E-state index >= 15 is 0 Å². The third-order valence-electron chi connectivity index (χ3n) is 13.0. The Morgan fingerprint density at radius 1 is 0.603 bits per heavy atom. The normalized spacial score (nSPS) is 18.7. The Bertz CT molecular complexity index is 2660. The van der Waals surface area contributed by atoms with E-state index in [0.29, 0.717) is 12.2 Å². The fraction of sp³-hybridized carbons (Fsp3) is 0.254. The van der Waals surface area contributed by atoms with Gasteiger partial charge in [0.15, 0.2) is 0 Å². The summed E-state index contributed by atoms with van der Waals surface area (Å²) >= 11 is 3.16. The second-order valence-electron chi connectivity index (χ2n) is 18.0. The van der Waals surface area contributed by atoms with Gasteiger partial charge in [0.25, 0.3) is 0 Å². The average molecular weight is 1020 g/mol. The number of rotatable bonds is 17. The highest BCUT2D eigenvalue weighted by atomic mass is 32.2. The zero-order valence-corrected chi connectivity index (χ0v) is 41.8. The Labute approximate surface area is 434 Å². The number of hydrogen-bond donors (Lipinski definition) is 5. The van der Waals surface area contributed by atoms with Crippen LogP contribution in [0.3, 0.4) is 0 Å². The molecule has 3 atom stereocenters. The zero-order chi connectivity index (χ0) is 51.1. The highest BCUT2D eigenvalue weighted by Crippen LogP contribution is 2.50. The van der Waals surface area contributed by atoms with Gasteiger partial charge in [-0.05, 0) is 70.9 Å². The molecule has 0 unspecified atom stereocenters. The molecule has 1 saturated carbocycles. The first-order valence-corrected chi connectivity index (χ1v) is 26.4. The molecule has 0 bridgehead atoms. The van der Waals surface area contributed by atoms with Crippen LogP contribution in [0.2, 0.25) is 0 Å². The Morgan fingerprint density at radius 3 is 1.47 bits per heavy atom. The van der Waals surface area contributed by atoms with Crippen LogP contribution in [-0.4, -0.2) is 82.5 Å².